The molecule has 8 nitrogen and oxygen atoms in total. The number of likely N-dealkylation sites (N-methyl/N-ethyl adjacent to an activating group) is 1. The largest absolute Gasteiger partial charge is 0.321 e. The average Bonchev–Trinajstić information content (AvgIpc) is 3.31. The normalized spacial score (nSPS) is 19.8. The molecular weight excluding hydrogens is 414 g/mol. The molecule has 0 radical (unpaired) electrons. The van der Waals surface area contributed by atoms with Crippen LogP contribution < -0.4 is 5.56 Å². The number of aromatic amines is 1. The molecule has 1 unspecified atom stereocenters. The summed E-state index contributed by atoms with van der Waals surface area (Å²) in [6.45, 7) is 11.2. The van der Waals surface area contributed by atoms with Crippen molar-refractivity contribution in [2.45, 2.75) is 65.0 Å². The maximum atomic E-state index is 13.5. The fourth-order valence-electron chi connectivity index (χ4n) is 5.71. The molecule has 1 aliphatic heterocycles. The molecule has 1 saturated carbocycles. The van der Waals surface area contributed by atoms with Gasteiger partial charge in [0, 0.05) is 31.7 Å². The fourth-order valence-corrected chi connectivity index (χ4v) is 5.71. The number of piperazine rings is 1. The number of tetrazole rings is 1. The molecule has 2 aliphatic rings. The molecule has 3 heterocycles. The summed E-state index contributed by atoms with van der Waals surface area (Å²) < 4.78 is 2.03. The van der Waals surface area contributed by atoms with Gasteiger partial charge < -0.3 is 9.88 Å². The van der Waals surface area contributed by atoms with Crippen LogP contribution in [0.3, 0.4) is 0 Å². The van der Waals surface area contributed by atoms with Crippen molar-refractivity contribution in [1.29, 1.82) is 0 Å². The lowest BCUT2D eigenvalue weighted by Crippen LogP contribution is -2.49. The third-order valence-electron chi connectivity index (χ3n) is 7.52. The number of fused-ring (bicyclic) bond motifs is 1. The van der Waals surface area contributed by atoms with Gasteiger partial charge in [0.2, 0.25) is 0 Å². The maximum Gasteiger partial charge on any atom is 0.253 e. The Morgan fingerprint density at radius 1 is 1.06 bits per heavy atom. The van der Waals surface area contributed by atoms with Crippen molar-refractivity contribution >= 4 is 10.9 Å². The second-order valence-corrected chi connectivity index (χ2v) is 9.75. The van der Waals surface area contributed by atoms with Gasteiger partial charge in [0.05, 0.1) is 11.6 Å². The maximum absolute atomic E-state index is 13.5. The number of hydrogen-bond acceptors (Lipinski definition) is 6. The van der Waals surface area contributed by atoms with Crippen molar-refractivity contribution in [1.82, 2.24) is 35.0 Å². The Kier molecular flexibility index (Phi) is 6.29. The molecule has 0 amide bonds. The standard InChI is InChI=1S/C25H35N7O/c1-4-30-10-12-31(13-11-30)23(24-27-28-29-32(24)20-8-6-5-7-9-20)21-16-19-15-17(2)14-18(3)22(19)26-25(21)33/h14-16,20,23H,4-13H2,1-3H3,(H,26,33). The summed E-state index contributed by atoms with van der Waals surface area (Å²) in [6.07, 6.45) is 5.89. The Hall–Kier alpha value is -2.58. The molecule has 2 aromatic heterocycles. The van der Waals surface area contributed by atoms with Crippen molar-refractivity contribution in [3.05, 3.63) is 51.1 Å². The van der Waals surface area contributed by atoms with E-state index in [4.69, 9.17) is 0 Å². The van der Waals surface area contributed by atoms with Gasteiger partial charge in [-0.2, -0.15) is 0 Å². The quantitative estimate of drug-likeness (QED) is 0.643. The van der Waals surface area contributed by atoms with Crippen LogP contribution in [-0.4, -0.2) is 67.7 Å². The summed E-state index contributed by atoms with van der Waals surface area (Å²) in [4.78, 5) is 21.5. The summed E-state index contributed by atoms with van der Waals surface area (Å²) >= 11 is 0. The highest BCUT2D eigenvalue weighted by Crippen LogP contribution is 2.33. The number of nitrogens with zero attached hydrogens (tertiary/aromatic N) is 6. The smallest absolute Gasteiger partial charge is 0.253 e. The number of aryl methyl sites for hydroxylation is 2. The predicted octanol–water partition coefficient (Wildman–Crippen LogP) is 3.36. The molecule has 33 heavy (non-hydrogen) atoms. The zero-order valence-corrected chi connectivity index (χ0v) is 20.0. The summed E-state index contributed by atoms with van der Waals surface area (Å²) in [5.41, 5.74) is 3.89. The Morgan fingerprint density at radius 3 is 2.55 bits per heavy atom. The van der Waals surface area contributed by atoms with Gasteiger partial charge in [0.25, 0.3) is 5.56 Å². The zero-order chi connectivity index (χ0) is 22.9. The SMILES string of the molecule is CCN1CCN(C(c2cc3cc(C)cc(C)c3[nH]c2=O)c2nnnn2C2CCCCC2)CC1. The Labute approximate surface area is 195 Å². The molecule has 8 heteroatoms. The predicted molar refractivity (Wildman–Crippen MR) is 130 cm³/mol. The molecule has 1 atom stereocenters. The summed E-state index contributed by atoms with van der Waals surface area (Å²) in [5, 5.41) is 14.1. The molecule has 3 aromatic rings. The highest BCUT2D eigenvalue weighted by atomic mass is 16.1. The first-order valence-electron chi connectivity index (χ1n) is 12.4. The minimum absolute atomic E-state index is 0.0458. The van der Waals surface area contributed by atoms with Crippen LogP contribution in [0.5, 0.6) is 0 Å². The lowest BCUT2D eigenvalue weighted by molar-refractivity contribution is 0.106. The van der Waals surface area contributed by atoms with Gasteiger partial charge in [-0.3, -0.25) is 9.69 Å². The molecule has 2 fully saturated rings. The van der Waals surface area contributed by atoms with Crippen LogP contribution in [0.2, 0.25) is 0 Å². The zero-order valence-electron chi connectivity index (χ0n) is 20.0. The summed E-state index contributed by atoms with van der Waals surface area (Å²) in [6, 6.07) is 6.40. The number of pyridine rings is 1. The lowest BCUT2D eigenvalue weighted by Gasteiger charge is -2.38. The Morgan fingerprint density at radius 2 is 1.82 bits per heavy atom. The van der Waals surface area contributed by atoms with Gasteiger partial charge in [-0.15, -0.1) is 5.10 Å². The number of H-pyrrole nitrogens is 1. The topological polar surface area (TPSA) is 82.9 Å². The van der Waals surface area contributed by atoms with Crippen LogP contribution in [-0.2, 0) is 0 Å². The van der Waals surface area contributed by atoms with Crippen LogP contribution >= 0.6 is 0 Å². The van der Waals surface area contributed by atoms with Crippen molar-refractivity contribution in [3.8, 4) is 0 Å². The van der Waals surface area contributed by atoms with Crippen molar-refractivity contribution in [3.63, 3.8) is 0 Å². The van der Waals surface area contributed by atoms with E-state index in [2.05, 4.69) is 69.3 Å². The van der Waals surface area contributed by atoms with E-state index in [1.165, 1.54) is 24.8 Å². The Bertz CT molecular complexity index is 1170. The van der Waals surface area contributed by atoms with E-state index in [-0.39, 0.29) is 11.6 Å². The van der Waals surface area contributed by atoms with Crippen LogP contribution in [0.25, 0.3) is 10.9 Å². The van der Waals surface area contributed by atoms with Gasteiger partial charge in [-0.1, -0.05) is 37.8 Å². The summed E-state index contributed by atoms with van der Waals surface area (Å²) in [7, 11) is 0. The molecule has 1 N–H and O–H groups in total. The van der Waals surface area contributed by atoms with Crippen LogP contribution in [0.15, 0.2) is 23.0 Å². The molecule has 176 valence electrons. The van der Waals surface area contributed by atoms with Gasteiger partial charge >= 0.3 is 0 Å². The molecule has 0 bridgehead atoms. The molecule has 1 aliphatic carbocycles. The molecule has 1 saturated heterocycles. The number of rotatable bonds is 5. The van der Waals surface area contributed by atoms with E-state index in [1.807, 2.05) is 4.68 Å². The molecule has 5 rings (SSSR count). The van der Waals surface area contributed by atoms with Crippen molar-refractivity contribution < 1.29 is 0 Å². The van der Waals surface area contributed by atoms with Gasteiger partial charge in [-0.05, 0) is 66.7 Å². The molecular formula is C25H35N7O. The van der Waals surface area contributed by atoms with E-state index in [9.17, 15) is 4.79 Å². The third-order valence-corrected chi connectivity index (χ3v) is 7.52. The Balaban J connectivity index is 1.62. The number of nitrogens with one attached hydrogen (secondary N) is 1. The molecule has 0 spiro atoms. The van der Waals surface area contributed by atoms with Crippen molar-refractivity contribution in [2.24, 2.45) is 0 Å². The number of benzene rings is 1. The van der Waals surface area contributed by atoms with E-state index < -0.39 is 0 Å². The molecule has 1 aromatic carbocycles. The first kappa shape index (κ1) is 22.2. The first-order valence-corrected chi connectivity index (χ1v) is 12.4. The van der Waals surface area contributed by atoms with Gasteiger partial charge in [-0.25, -0.2) is 4.68 Å². The highest BCUT2D eigenvalue weighted by Gasteiger charge is 2.34. The van der Waals surface area contributed by atoms with Crippen LogP contribution in [0.1, 0.15) is 73.6 Å². The minimum Gasteiger partial charge on any atom is -0.321 e. The fraction of sp³-hybridized carbons (Fsp3) is 0.600. The first-order chi connectivity index (χ1) is 16.0. The number of hydrogen-bond donors (Lipinski definition) is 1. The second kappa shape index (κ2) is 9.35. The van der Waals surface area contributed by atoms with Crippen LogP contribution in [0, 0.1) is 13.8 Å². The van der Waals surface area contributed by atoms with E-state index >= 15 is 0 Å². The summed E-state index contributed by atoms with van der Waals surface area (Å²) in [5.74, 6) is 0.807. The lowest BCUT2D eigenvalue weighted by atomic mass is 9.95. The minimum atomic E-state index is -0.255. The van der Waals surface area contributed by atoms with E-state index in [1.54, 1.807) is 0 Å². The van der Waals surface area contributed by atoms with E-state index in [0.717, 1.165) is 73.4 Å². The third kappa shape index (κ3) is 4.34. The van der Waals surface area contributed by atoms with E-state index in [0.29, 0.717) is 6.04 Å². The van der Waals surface area contributed by atoms with Crippen molar-refractivity contribution in [2.75, 3.05) is 32.7 Å². The second-order valence-electron chi connectivity index (χ2n) is 9.75. The van der Waals surface area contributed by atoms with Crippen LogP contribution in [0.4, 0.5) is 0 Å². The highest BCUT2D eigenvalue weighted by molar-refractivity contribution is 5.83. The van der Waals surface area contributed by atoms with Gasteiger partial charge in [0.1, 0.15) is 6.04 Å². The monoisotopic (exact) mass is 449 g/mol. The van der Waals surface area contributed by atoms with Gasteiger partial charge in [0.15, 0.2) is 5.82 Å². The average molecular weight is 450 g/mol. The number of aromatic nitrogens is 5.